The summed E-state index contributed by atoms with van der Waals surface area (Å²) in [7, 11) is 0. The van der Waals surface area contributed by atoms with Crippen LogP contribution in [0.3, 0.4) is 0 Å². The Hall–Kier alpha value is -1.36. The Balaban J connectivity index is 3.00. The van der Waals surface area contributed by atoms with Gasteiger partial charge in [-0.15, -0.1) is 0 Å². The first kappa shape index (κ1) is 7.74. The summed E-state index contributed by atoms with van der Waals surface area (Å²) in [6, 6.07) is 5.46. The zero-order chi connectivity index (χ0) is 8.27. The van der Waals surface area contributed by atoms with Crippen molar-refractivity contribution in [2.45, 2.75) is 4.90 Å². The molecule has 0 saturated carbocycles. The van der Waals surface area contributed by atoms with Gasteiger partial charge in [0, 0.05) is 28.5 Å². The van der Waals surface area contributed by atoms with Gasteiger partial charge in [-0.3, -0.25) is 10.1 Å². The molecule has 1 aromatic carbocycles. The highest BCUT2D eigenvalue weighted by Gasteiger charge is 2.09. The largest absolute Gasteiger partial charge is 0.505 e. The molecule has 0 bridgehead atoms. The van der Waals surface area contributed by atoms with Crippen molar-refractivity contribution in [3.05, 3.63) is 34.4 Å². The highest BCUT2D eigenvalue weighted by atomic mass is 32.1. The van der Waals surface area contributed by atoms with E-state index >= 15 is 0 Å². The number of nitro groups is 1. The molecule has 56 valence electrons. The number of benzene rings is 1. The highest BCUT2D eigenvalue weighted by molar-refractivity contribution is 7.65. The number of hydrogen-bond acceptors (Lipinski definition) is 3. The maximum Gasteiger partial charge on any atom is 0.505 e. The molecule has 0 aliphatic heterocycles. The summed E-state index contributed by atoms with van der Waals surface area (Å²) >= 11 is 0.317. The molecule has 1 aromatic rings. The van der Waals surface area contributed by atoms with Gasteiger partial charge in [-0.2, -0.15) is 0 Å². The minimum Gasteiger partial charge on any atom is -0.258 e. The van der Waals surface area contributed by atoms with Crippen LogP contribution in [0.4, 0.5) is 5.69 Å². The van der Waals surface area contributed by atoms with E-state index in [1.54, 1.807) is 0 Å². The van der Waals surface area contributed by atoms with Gasteiger partial charge in [0.2, 0.25) is 0 Å². The Kier molecular flexibility index (Phi) is 2.22. The summed E-state index contributed by atoms with van der Waals surface area (Å²) in [5.41, 5.74) is 0.00259. The SMILES string of the molecule is O=[S+]c1ccc([N+](=O)[O-])cc1. The lowest BCUT2D eigenvalue weighted by molar-refractivity contribution is -0.384. The molecule has 0 amide bonds. The number of nitro benzene ring substituents is 1. The third kappa shape index (κ3) is 1.78. The molecule has 0 radical (unpaired) electrons. The summed E-state index contributed by atoms with van der Waals surface area (Å²) in [6.45, 7) is 0. The van der Waals surface area contributed by atoms with E-state index in [2.05, 4.69) is 0 Å². The van der Waals surface area contributed by atoms with Gasteiger partial charge in [0.15, 0.2) is 0 Å². The average molecular weight is 170 g/mol. The normalized spacial score (nSPS) is 9.09. The van der Waals surface area contributed by atoms with Gasteiger partial charge < -0.3 is 0 Å². The first-order valence-electron chi connectivity index (χ1n) is 2.78. The summed E-state index contributed by atoms with van der Waals surface area (Å²) in [6.07, 6.45) is 0. The first-order chi connectivity index (χ1) is 5.24. The van der Waals surface area contributed by atoms with Gasteiger partial charge in [-0.05, 0) is 0 Å². The van der Waals surface area contributed by atoms with E-state index < -0.39 is 4.92 Å². The zero-order valence-electron chi connectivity index (χ0n) is 5.39. The van der Waals surface area contributed by atoms with E-state index in [1.165, 1.54) is 24.3 Å². The zero-order valence-corrected chi connectivity index (χ0v) is 6.21. The molecule has 5 heteroatoms. The lowest BCUT2D eigenvalue weighted by Crippen LogP contribution is -1.86. The van der Waals surface area contributed by atoms with E-state index in [4.69, 9.17) is 0 Å². The highest BCUT2D eigenvalue weighted by Crippen LogP contribution is 2.11. The van der Waals surface area contributed by atoms with Gasteiger partial charge >= 0.3 is 11.7 Å². The van der Waals surface area contributed by atoms with Gasteiger partial charge in [0.1, 0.15) is 0 Å². The van der Waals surface area contributed by atoms with Crippen LogP contribution in [-0.2, 0) is 15.9 Å². The second kappa shape index (κ2) is 3.16. The van der Waals surface area contributed by atoms with Crippen LogP contribution in [0.2, 0.25) is 0 Å². The predicted molar refractivity (Wildman–Crippen MR) is 39.4 cm³/mol. The summed E-state index contributed by atoms with van der Waals surface area (Å²) in [5.74, 6) is 0. The van der Waals surface area contributed by atoms with Crippen LogP contribution < -0.4 is 0 Å². The van der Waals surface area contributed by atoms with Gasteiger partial charge in [0.25, 0.3) is 10.6 Å². The Labute approximate surface area is 66.5 Å². The molecule has 4 nitrogen and oxygen atoms in total. The second-order valence-electron chi connectivity index (χ2n) is 1.83. The maximum atomic E-state index is 10.2. The van der Waals surface area contributed by atoms with Crippen molar-refractivity contribution >= 4 is 17.4 Å². The minimum absolute atomic E-state index is 0.00259. The average Bonchev–Trinajstić information content (AvgIpc) is 2.05. The molecule has 0 spiro atoms. The standard InChI is InChI=1S/C6H4NO3S/c8-7(9)5-1-3-6(11-10)4-2-5/h1-4H/q+1. The van der Waals surface area contributed by atoms with Crippen molar-refractivity contribution < 1.29 is 9.13 Å². The van der Waals surface area contributed by atoms with Crippen LogP contribution in [0.1, 0.15) is 0 Å². The van der Waals surface area contributed by atoms with Crippen LogP contribution in [0, 0.1) is 10.1 Å². The summed E-state index contributed by atoms with van der Waals surface area (Å²) in [4.78, 5) is 10.1. The van der Waals surface area contributed by atoms with Crippen LogP contribution in [0.25, 0.3) is 0 Å². The number of rotatable bonds is 2. The fourth-order valence-electron chi connectivity index (χ4n) is 0.623. The lowest BCUT2D eigenvalue weighted by Gasteiger charge is -1.85. The lowest BCUT2D eigenvalue weighted by atomic mass is 10.3. The van der Waals surface area contributed by atoms with Crippen molar-refractivity contribution in [3.8, 4) is 0 Å². The monoisotopic (exact) mass is 170 g/mol. The van der Waals surface area contributed by atoms with Crippen molar-refractivity contribution in [3.63, 3.8) is 0 Å². The van der Waals surface area contributed by atoms with Crippen molar-refractivity contribution in [1.82, 2.24) is 0 Å². The smallest absolute Gasteiger partial charge is 0.258 e. The van der Waals surface area contributed by atoms with E-state index in [0.29, 0.717) is 16.6 Å². The van der Waals surface area contributed by atoms with Crippen LogP contribution in [-0.4, -0.2) is 4.92 Å². The quantitative estimate of drug-likeness (QED) is 0.382. The van der Waals surface area contributed by atoms with Crippen molar-refractivity contribution in [1.29, 1.82) is 0 Å². The Morgan fingerprint density at radius 1 is 1.27 bits per heavy atom. The second-order valence-corrected chi connectivity index (χ2v) is 2.47. The van der Waals surface area contributed by atoms with E-state index in [-0.39, 0.29) is 5.69 Å². The molecule has 0 saturated heterocycles. The molecule has 0 aliphatic carbocycles. The maximum absolute atomic E-state index is 10.2. The molecule has 0 N–H and O–H groups in total. The molecule has 0 unspecified atom stereocenters. The fraction of sp³-hybridized carbons (Fsp3) is 0. The van der Waals surface area contributed by atoms with E-state index in [9.17, 15) is 14.3 Å². The molecule has 0 fully saturated rings. The molecule has 1 rings (SSSR count). The molecule has 0 aromatic heterocycles. The number of non-ortho nitro benzene ring substituents is 1. The van der Waals surface area contributed by atoms with Gasteiger partial charge in [-0.1, -0.05) is 0 Å². The first-order valence-corrected chi connectivity index (χ1v) is 3.52. The van der Waals surface area contributed by atoms with E-state index in [0.717, 1.165) is 0 Å². The van der Waals surface area contributed by atoms with Crippen LogP contribution >= 0.6 is 0 Å². The fourth-order valence-corrected chi connectivity index (χ4v) is 0.871. The molecule has 0 aliphatic rings. The van der Waals surface area contributed by atoms with Gasteiger partial charge in [-0.25, -0.2) is 0 Å². The third-order valence-corrected chi connectivity index (χ3v) is 1.61. The third-order valence-electron chi connectivity index (χ3n) is 1.14. The summed E-state index contributed by atoms with van der Waals surface area (Å²) < 4.78 is 10.2. The van der Waals surface area contributed by atoms with Crippen LogP contribution in [0.5, 0.6) is 0 Å². The summed E-state index contributed by atoms with van der Waals surface area (Å²) in [5, 5.41) is 10.1. The van der Waals surface area contributed by atoms with Crippen molar-refractivity contribution in [2.75, 3.05) is 0 Å². The van der Waals surface area contributed by atoms with Gasteiger partial charge in [0.05, 0.1) is 4.92 Å². The molecule has 0 heterocycles. The molecule has 0 atom stereocenters. The number of hydrogen-bond donors (Lipinski definition) is 0. The Morgan fingerprint density at radius 3 is 2.18 bits per heavy atom. The van der Waals surface area contributed by atoms with Crippen LogP contribution in [0.15, 0.2) is 29.2 Å². The molecular formula is C6H4NO3S+. The minimum atomic E-state index is -0.501. The molecular weight excluding hydrogens is 166 g/mol. The topological polar surface area (TPSA) is 60.2 Å². The van der Waals surface area contributed by atoms with E-state index in [1.807, 2.05) is 0 Å². The Morgan fingerprint density at radius 2 is 1.82 bits per heavy atom. The Bertz CT molecular complexity index is 282. The predicted octanol–water partition coefficient (Wildman–Crippen LogP) is 1.38. The number of nitrogens with zero attached hydrogens (tertiary/aromatic N) is 1. The molecule has 11 heavy (non-hydrogen) atoms. The van der Waals surface area contributed by atoms with Crippen molar-refractivity contribution in [2.24, 2.45) is 0 Å².